The van der Waals surface area contributed by atoms with E-state index in [-0.39, 0.29) is 16.4 Å². The lowest BCUT2D eigenvalue weighted by Gasteiger charge is -2.32. The number of phenolic OH excluding ortho intramolecular Hbond substituents is 1. The van der Waals surface area contributed by atoms with E-state index in [9.17, 15) is 23.1 Å². The molecule has 1 fully saturated rings. The van der Waals surface area contributed by atoms with Crippen molar-refractivity contribution in [2.45, 2.75) is 12.7 Å². The Morgan fingerprint density at radius 1 is 1.22 bits per heavy atom. The van der Waals surface area contributed by atoms with E-state index in [1.165, 1.54) is 12.1 Å². The van der Waals surface area contributed by atoms with Gasteiger partial charge in [0, 0.05) is 43.3 Å². The topological polar surface area (TPSA) is 68.7 Å². The number of piperazine rings is 1. The number of hydrogen-bond acceptors (Lipinski definition) is 6. The zero-order valence-corrected chi connectivity index (χ0v) is 18.6. The van der Waals surface area contributed by atoms with Gasteiger partial charge in [-0.3, -0.25) is 15.0 Å². The lowest BCUT2D eigenvalue weighted by atomic mass is 10.1. The molecule has 0 spiro atoms. The Kier molecular flexibility index (Phi) is 6.30. The Balaban J connectivity index is 1.54. The summed E-state index contributed by atoms with van der Waals surface area (Å²) in [5.41, 5.74) is 0.0696. The Hall–Kier alpha value is -2.40. The molecule has 0 saturated carbocycles. The quantitative estimate of drug-likeness (QED) is 0.563. The van der Waals surface area contributed by atoms with Gasteiger partial charge in [0.1, 0.15) is 5.75 Å². The first-order valence-electron chi connectivity index (χ1n) is 9.81. The van der Waals surface area contributed by atoms with Crippen LogP contribution in [0.2, 0.25) is 5.02 Å². The van der Waals surface area contributed by atoms with Crippen molar-refractivity contribution in [1.82, 2.24) is 14.8 Å². The number of amides is 1. The van der Waals surface area contributed by atoms with Crippen LogP contribution in [0.5, 0.6) is 5.75 Å². The number of nitrogens with zero attached hydrogens (tertiary/aromatic N) is 3. The highest BCUT2D eigenvalue weighted by molar-refractivity contribution is 7.22. The predicted octanol–water partition coefficient (Wildman–Crippen LogP) is 4.67. The number of anilines is 1. The molecule has 1 aliphatic heterocycles. The van der Waals surface area contributed by atoms with E-state index in [2.05, 4.69) is 20.1 Å². The normalized spacial score (nSPS) is 15.9. The molecule has 2 heterocycles. The Bertz CT molecular complexity index is 1160. The summed E-state index contributed by atoms with van der Waals surface area (Å²) in [6, 6.07) is 6.18. The second-order valence-electron chi connectivity index (χ2n) is 7.69. The number of fused-ring (bicyclic) bond motifs is 1. The molecule has 1 aliphatic rings. The third kappa shape index (κ3) is 4.98. The zero-order valence-electron chi connectivity index (χ0n) is 17.0. The summed E-state index contributed by atoms with van der Waals surface area (Å²) in [5, 5.41) is 13.7. The molecule has 1 saturated heterocycles. The molecule has 2 N–H and O–H groups in total. The Morgan fingerprint density at radius 2 is 1.94 bits per heavy atom. The monoisotopic (exact) mass is 484 g/mol. The average Bonchev–Trinajstić information content (AvgIpc) is 3.12. The fourth-order valence-electron chi connectivity index (χ4n) is 3.52. The van der Waals surface area contributed by atoms with Gasteiger partial charge >= 0.3 is 6.18 Å². The van der Waals surface area contributed by atoms with Crippen LogP contribution >= 0.6 is 22.9 Å². The van der Waals surface area contributed by atoms with Crippen LogP contribution < -0.4 is 5.32 Å². The van der Waals surface area contributed by atoms with Crippen molar-refractivity contribution in [3.8, 4) is 5.75 Å². The number of halogens is 4. The van der Waals surface area contributed by atoms with Crippen molar-refractivity contribution >= 4 is 44.2 Å². The summed E-state index contributed by atoms with van der Waals surface area (Å²) < 4.78 is 39.1. The molecule has 0 aliphatic carbocycles. The summed E-state index contributed by atoms with van der Waals surface area (Å²) in [5.74, 6) is -0.814. The number of nitrogens with one attached hydrogen (secondary N) is 1. The van der Waals surface area contributed by atoms with Gasteiger partial charge in [0.25, 0.3) is 5.91 Å². The highest BCUT2D eigenvalue weighted by Crippen LogP contribution is 2.35. The first kappa shape index (κ1) is 22.8. The van der Waals surface area contributed by atoms with Crippen LogP contribution in [-0.4, -0.2) is 59.0 Å². The molecular formula is C21H20ClF3N4O2S. The number of rotatable bonds is 4. The van der Waals surface area contributed by atoms with Gasteiger partial charge in [0.2, 0.25) is 0 Å². The highest BCUT2D eigenvalue weighted by Gasteiger charge is 2.31. The summed E-state index contributed by atoms with van der Waals surface area (Å²) in [6.45, 7) is 3.91. The summed E-state index contributed by atoms with van der Waals surface area (Å²) >= 11 is 7.12. The largest absolute Gasteiger partial charge is 0.507 e. The number of alkyl halides is 3. The van der Waals surface area contributed by atoms with E-state index in [1.807, 2.05) is 7.05 Å². The van der Waals surface area contributed by atoms with Crippen LogP contribution in [0.4, 0.5) is 18.3 Å². The summed E-state index contributed by atoms with van der Waals surface area (Å²) in [7, 11) is 2.04. The third-order valence-corrected chi connectivity index (χ3v) is 6.48. The van der Waals surface area contributed by atoms with Gasteiger partial charge in [-0.15, -0.1) is 0 Å². The number of aromatic hydroxyl groups is 1. The fourth-order valence-corrected chi connectivity index (χ4v) is 4.66. The minimum absolute atomic E-state index is 0.0168. The maximum absolute atomic E-state index is 12.9. The molecule has 3 aromatic rings. The first-order chi connectivity index (χ1) is 15.1. The standard InChI is InChI=1S/C21H20ClF3N4O2S/c1-28-4-6-29(7-5-28)11-12-8-14(22)10-15(18(12)30)19(31)27-20-26-16-3-2-13(21(23,24)25)9-17(16)32-20/h2-3,8-10,30H,4-7,11H2,1H3,(H,26,27,31). The second-order valence-corrected chi connectivity index (χ2v) is 9.16. The number of benzene rings is 2. The highest BCUT2D eigenvalue weighted by atomic mass is 35.5. The fraction of sp³-hybridized carbons (Fsp3) is 0.333. The number of carbonyl (C=O) groups is 1. The van der Waals surface area contributed by atoms with Gasteiger partial charge in [0.15, 0.2) is 5.13 Å². The smallest absolute Gasteiger partial charge is 0.416 e. The molecule has 2 aromatic carbocycles. The van der Waals surface area contributed by atoms with Crippen LogP contribution in [0.3, 0.4) is 0 Å². The molecule has 170 valence electrons. The third-order valence-electron chi connectivity index (χ3n) is 5.32. The average molecular weight is 485 g/mol. The first-order valence-corrected chi connectivity index (χ1v) is 11.0. The minimum Gasteiger partial charge on any atom is -0.507 e. The van der Waals surface area contributed by atoms with E-state index in [0.717, 1.165) is 49.6 Å². The van der Waals surface area contributed by atoms with Gasteiger partial charge in [-0.2, -0.15) is 13.2 Å². The van der Waals surface area contributed by atoms with Crippen molar-refractivity contribution in [3.63, 3.8) is 0 Å². The number of carbonyl (C=O) groups excluding carboxylic acids is 1. The molecular weight excluding hydrogens is 465 g/mol. The van der Waals surface area contributed by atoms with Gasteiger partial charge in [-0.05, 0) is 37.4 Å². The molecule has 0 radical (unpaired) electrons. The van der Waals surface area contributed by atoms with Gasteiger partial charge in [-0.1, -0.05) is 22.9 Å². The second kappa shape index (κ2) is 8.86. The molecule has 4 rings (SSSR count). The van der Waals surface area contributed by atoms with Gasteiger partial charge in [-0.25, -0.2) is 4.98 Å². The van der Waals surface area contributed by atoms with Crippen molar-refractivity contribution in [2.24, 2.45) is 0 Å². The lowest BCUT2D eigenvalue weighted by Crippen LogP contribution is -2.43. The van der Waals surface area contributed by atoms with E-state index in [1.54, 1.807) is 6.07 Å². The van der Waals surface area contributed by atoms with Crippen LogP contribution in [0.1, 0.15) is 21.5 Å². The summed E-state index contributed by atoms with van der Waals surface area (Å²) in [6.07, 6.45) is -4.46. The molecule has 6 nitrogen and oxygen atoms in total. The molecule has 1 amide bonds. The van der Waals surface area contributed by atoms with E-state index in [4.69, 9.17) is 11.6 Å². The number of thiazole rings is 1. The maximum atomic E-state index is 12.9. The number of hydrogen-bond donors (Lipinski definition) is 2. The van der Waals surface area contributed by atoms with Crippen molar-refractivity contribution < 1.29 is 23.1 Å². The predicted molar refractivity (Wildman–Crippen MR) is 118 cm³/mol. The van der Waals surface area contributed by atoms with Crippen molar-refractivity contribution in [1.29, 1.82) is 0 Å². The van der Waals surface area contributed by atoms with E-state index < -0.39 is 17.6 Å². The van der Waals surface area contributed by atoms with Gasteiger partial charge < -0.3 is 10.0 Å². The SMILES string of the molecule is CN1CCN(Cc2cc(Cl)cc(C(=O)Nc3nc4ccc(C(F)(F)F)cc4s3)c2O)CC1. The summed E-state index contributed by atoms with van der Waals surface area (Å²) in [4.78, 5) is 21.4. The van der Waals surface area contributed by atoms with Crippen LogP contribution in [0.25, 0.3) is 10.2 Å². The zero-order chi connectivity index (χ0) is 23.0. The molecule has 32 heavy (non-hydrogen) atoms. The molecule has 1 aromatic heterocycles. The molecule has 0 atom stereocenters. The van der Waals surface area contributed by atoms with E-state index in [0.29, 0.717) is 27.3 Å². The Morgan fingerprint density at radius 3 is 2.62 bits per heavy atom. The Labute approximate surface area is 191 Å². The molecule has 0 bridgehead atoms. The lowest BCUT2D eigenvalue weighted by molar-refractivity contribution is -0.137. The van der Waals surface area contributed by atoms with Crippen LogP contribution in [-0.2, 0) is 12.7 Å². The van der Waals surface area contributed by atoms with Crippen LogP contribution in [0.15, 0.2) is 30.3 Å². The molecule has 11 heteroatoms. The number of aromatic nitrogens is 1. The number of likely N-dealkylation sites (N-methyl/N-ethyl adjacent to an activating group) is 1. The van der Waals surface area contributed by atoms with Crippen molar-refractivity contribution in [2.75, 3.05) is 38.5 Å². The molecule has 0 unspecified atom stereocenters. The van der Waals surface area contributed by atoms with E-state index >= 15 is 0 Å². The maximum Gasteiger partial charge on any atom is 0.416 e. The minimum atomic E-state index is -4.46. The number of phenols is 1. The van der Waals surface area contributed by atoms with Crippen molar-refractivity contribution in [3.05, 3.63) is 52.0 Å². The van der Waals surface area contributed by atoms with Crippen LogP contribution in [0, 0.1) is 0 Å². The van der Waals surface area contributed by atoms with Gasteiger partial charge in [0.05, 0.1) is 21.3 Å².